The molecule has 3 heterocycles. The summed E-state index contributed by atoms with van der Waals surface area (Å²) in [6.45, 7) is 2.64. The first kappa shape index (κ1) is 24.6. The first-order valence-corrected chi connectivity index (χ1v) is 12.0. The van der Waals surface area contributed by atoms with E-state index in [1.165, 1.54) is 29.2 Å². The number of rotatable bonds is 7. The van der Waals surface area contributed by atoms with Gasteiger partial charge in [0.05, 0.1) is 29.3 Å². The molecule has 0 aliphatic rings. The zero-order chi connectivity index (χ0) is 26.8. The minimum atomic E-state index is -0.542. The molecule has 38 heavy (non-hydrogen) atoms. The number of para-hydroxylation sites is 1. The Kier molecular flexibility index (Phi) is 6.53. The second kappa shape index (κ2) is 10.1. The molecule has 190 valence electrons. The fourth-order valence-corrected chi connectivity index (χ4v) is 4.51. The normalized spacial score (nSPS) is 11.0. The Morgan fingerprint density at radius 1 is 1.16 bits per heavy atom. The second-order valence-corrected chi connectivity index (χ2v) is 8.71. The molecule has 0 fully saturated rings. The molecule has 0 bridgehead atoms. The molecule has 5 rings (SSSR count). The van der Waals surface area contributed by atoms with Crippen molar-refractivity contribution in [3.05, 3.63) is 88.7 Å². The number of nitriles is 1. The van der Waals surface area contributed by atoms with Crippen LogP contribution >= 0.6 is 0 Å². The molecule has 0 amide bonds. The molecular weight excluding hydrogens is 485 g/mol. The van der Waals surface area contributed by atoms with Gasteiger partial charge in [0.2, 0.25) is 0 Å². The van der Waals surface area contributed by atoms with Gasteiger partial charge in [-0.3, -0.25) is 14.0 Å². The van der Waals surface area contributed by atoms with E-state index in [4.69, 9.17) is 10.7 Å². The lowest BCUT2D eigenvalue weighted by atomic mass is 10.0. The lowest BCUT2D eigenvalue weighted by Crippen LogP contribution is -2.32. The van der Waals surface area contributed by atoms with Crippen LogP contribution in [-0.2, 0) is 13.6 Å². The highest BCUT2D eigenvalue weighted by Crippen LogP contribution is 2.30. The summed E-state index contributed by atoms with van der Waals surface area (Å²) in [7, 11) is 1.73. The molecule has 0 aliphatic carbocycles. The molecule has 0 radical (unpaired) electrons. The van der Waals surface area contributed by atoms with Crippen molar-refractivity contribution in [1.82, 2.24) is 29.3 Å². The van der Waals surface area contributed by atoms with Crippen molar-refractivity contribution in [2.24, 2.45) is 7.05 Å². The van der Waals surface area contributed by atoms with E-state index in [9.17, 15) is 10.1 Å². The van der Waals surface area contributed by atoms with E-state index in [0.29, 0.717) is 35.0 Å². The van der Waals surface area contributed by atoms with Gasteiger partial charge in [-0.1, -0.05) is 25.1 Å². The summed E-state index contributed by atoms with van der Waals surface area (Å²) < 4.78 is 18.2. The summed E-state index contributed by atoms with van der Waals surface area (Å²) in [6, 6.07) is 13.9. The van der Waals surface area contributed by atoms with Gasteiger partial charge in [0.25, 0.3) is 5.56 Å². The van der Waals surface area contributed by atoms with Gasteiger partial charge in [0.1, 0.15) is 35.4 Å². The highest BCUT2D eigenvalue weighted by atomic mass is 19.1. The molecule has 0 unspecified atom stereocenters. The number of anilines is 2. The molecule has 2 N–H and O–H groups in total. The van der Waals surface area contributed by atoms with Crippen molar-refractivity contribution < 1.29 is 4.39 Å². The smallest absolute Gasteiger partial charge is 0.266 e. The average molecular weight is 510 g/mol. The van der Waals surface area contributed by atoms with E-state index in [0.717, 1.165) is 6.42 Å². The van der Waals surface area contributed by atoms with Crippen LogP contribution in [0.2, 0.25) is 0 Å². The van der Waals surface area contributed by atoms with Crippen molar-refractivity contribution in [3.63, 3.8) is 0 Å². The minimum absolute atomic E-state index is 0.0714. The van der Waals surface area contributed by atoms with Crippen LogP contribution in [0.15, 0.2) is 66.0 Å². The lowest BCUT2D eigenvalue weighted by molar-refractivity contribution is 0.632. The van der Waals surface area contributed by atoms with Crippen molar-refractivity contribution in [1.29, 1.82) is 5.26 Å². The van der Waals surface area contributed by atoms with Crippen LogP contribution in [0.1, 0.15) is 24.7 Å². The van der Waals surface area contributed by atoms with Gasteiger partial charge in [-0.25, -0.2) is 19.3 Å². The highest BCUT2D eigenvalue weighted by Gasteiger charge is 2.23. The molecule has 2 aromatic carbocycles. The third kappa shape index (κ3) is 4.32. The lowest BCUT2D eigenvalue weighted by Gasteiger charge is -2.25. The number of aryl methyl sites for hydroxylation is 1. The Bertz CT molecular complexity index is 1740. The first-order valence-electron chi connectivity index (χ1n) is 12.0. The predicted octanol–water partition coefficient (Wildman–Crippen LogP) is 3.59. The number of aromatic nitrogens is 6. The molecule has 0 saturated carbocycles. The number of halogens is 1. The van der Waals surface area contributed by atoms with Crippen LogP contribution in [0, 0.1) is 17.1 Å². The van der Waals surface area contributed by atoms with Crippen LogP contribution in [-0.4, -0.2) is 35.8 Å². The van der Waals surface area contributed by atoms with Crippen LogP contribution in [0.4, 0.5) is 16.0 Å². The molecule has 11 heteroatoms. The van der Waals surface area contributed by atoms with Crippen LogP contribution in [0.3, 0.4) is 0 Å². The van der Waals surface area contributed by atoms with E-state index in [1.54, 1.807) is 30.1 Å². The summed E-state index contributed by atoms with van der Waals surface area (Å²) >= 11 is 0. The maximum Gasteiger partial charge on any atom is 0.266 e. The fraction of sp³-hybridized carbons (Fsp3) is 0.185. The fourth-order valence-electron chi connectivity index (χ4n) is 4.51. The number of hydrogen-bond acceptors (Lipinski definition) is 8. The number of fused-ring (bicyclic) bond motifs is 1. The summed E-state index contributed by atoms with van der Waals surface area (Å²) in [5.74, 6) is 0.277. The molecule has 3 aromatic heterocycles. The van der Waals surface area contributed by atoms with E-state index < -0.39 is 11.4 Å². The van der Waals surface area contributed by atoms with Crippen molar-refractivity contribution in [2.45, 2.75) is 19.9 Å². The third-order valence-electron chi connectivity index (χ3n) is 6.16. The molecule has 0 saturated heterocycles. The molecule has 10 nitrogen and oxygen atoms in total. The molecule has 0 spiro atoms. The minimum Gasteiger partial charge on any atom is -0.382 e. The Labute approximate surface area is 217 Å². The largest absolute Gasteiger partial charge is 0.382 e. The summed E-state index contributed by atoms with van der Waals surface area (Å²) in [5.41, 5.74) is 7.22. The highest BCUT2D eigenvalue weighted by molar-refractivity contribution is 5.94. The van der Waals surface area contributed by atoms with E-state index >= 15 is 4.39 Å². The average Bonchev–Trinajstić information content (AvgIpc) is 3.34. The van der Waals surface area contributed by atoms with Gasteiger partial charge < -0.3 is 10.6 Å². The SMILES string of the molecule is CCCN(Cc1nc2ccc(F)c(-c3cnn(C)c3)c2c(=O)n1-c1ccccc1)c1ncnc(N)c1C#N. The Morgan fingerprint density at radius 2 is 1.95 bits per heavy atom. The van der Waals surface area contributed by atoms with Crippen molar-refractivity contribution >= 4 is 22.5 Å². The van der Waals surface area contributed by atoms with Gasteiger partial charge in [0, 0.05) is 30.9 Å². The molecule has 0 atom stereocenters. The Hall–Kier alpha value is -5.11. The first-order chi connectivity index (χ1) is 18.4. The van der Waals surface area contributed by atoms with Crippen molar-refractivity contribution in [3.8, 4) is 22.9 Å². The third-order valence-corrected chi connectivity index (χ3v) is 6.16. The Morgan fingerprint density at radius 3 is 2.63 bits per heavy atom. The number of nitrogens with zero attached hydrogens (tertiary/aromatic N) is 8. The number of benzene rings is 2. The zero-order valence-electron chi connectivity index (χ0n) is 20.8. The standard InChI is InChI=1S/C27H24FN9O/c1-3-11-36(26-19(12-29)25(30)31-16-32-26)15-22-34-21-10-9-20(28)23(17-13-33-35(2)14-17)24(21)27(38)37(22)18-7-5-4-6-8-18/h4-10,13-14,16H,3,11,15H2,1-2H3,(H2,30,31,32). The Balaban J connectivity index is 1.78. The van der Waals surface area contributed by atoms with Crippen LogP contribution in [0.25, 0.3) is 27.7 Å². The van der Waals surface area contributed by atoms with E-state index in [-0.39, 0.29) is 28.9 Å². The number of nitrogen functional groups attached to an aromatic ring is 1. The molecule has 0 aliphatic heterocycles. The van der Waals surface area contributed by atoms with Gasteiger partial charge >= 0.3 is 0 Å². The van der Waals surface area contributed by atoms with Gasteiger partial charge in [-0.15, -0.1) is 0 Å². The van der Waals surface area contributed by atoms with Crippen molar-refractivity contribution in [2.75, 3.05) is 17.2 Å². The maximum atomic E-state index is 15.2. The number of nitrogens with two attached hydrogens (primary N) is 1. The van der Waals surface area contributed by atoms with Gasteiger partial charge in [0.15, 0.2) is 5.82 Å². The molecule has 5 aromatic rings. The van der Waals surface area contributed by atoms with Crippen LogP contribution < -0.4 is 16.2 Å². The van der Waals surface area contributed by atoms with E-state index in [2.05, 4.69) is 21.1 Å². The monoisotopic (exact) mass is 509 g/mol. The number of hydrogen-bond donors (Lipinski definition) is 1. The van der Waals surface area contributed by atoms with E-state index in [1.807, 2.05) is 30.0 Å². The second-order valence-electron chi connectivity index (χ2n) is 8.71. The summed E-state index contributed by atoms with van der Waals surface area (Å²) in [4.78, 5) is 29.1. The maximum absolute atomic E-state index is 15.2. The quantitative estimate of drug-likeness (QED) is 0.352. The predicted molar refractivity (Wildman–Crippen MR) is 142 cm³/mol. The molecular formula is C27H24FN9O. The summed E-state index contributed by atoms with van der Waals surface area (Å²) in [5, 5.41) is 14.0. The topological polar surface area (TPSA) is 132 Å². The summed E-state index contributed by atoms with van der Waals surface area (Å²) in [6.07, 6.45) is 5.21. The van der Waals surface area contributed by atoms with Gasteiger partial charge in [-0.2, -0.15) is 10.4 Å². The van der Waals surface area contributed by atoms with Crippen LogP contribution in [0.5, 0.6) is 0 Å². The van der Waals surface area contributed by atoms with Gasteiger partial charge in [-0.05, 0) is 30.7 Å². The zero-order valence-corrected chi connectivity index (χ0v) is 20.8.